The third-order valence-corrected chi connectivity index (χ3v) is 7.87. The number of benzene rings is 1. The molecule has 0 radical (unpaired) electrons. The molecule has 0 aromatic heterocycles. The summed E-state index contributed by atoms with van der Waals surface area (Å²) in [6.45, 7) is 10.9. The average molecular weight is 541 g/mol. The zero-order valence-corrected chi connectivity index (χ0v) is 21.4. The summed E-state index contributed by atoms with van der Waals surface area (Å²) in [7, 11) is 0. The van der Waals surface area contributed by atoms with Crippen molar-refractivity contribution < 1.29 is 47.6 Å². The number of likely N-dealkylation sites (tertiary alicyclic amines) is 1. The molecule has 1 saturated heterocycles. The standard InChI is InChI=1S/C28H29NO10/c1-4-13-34-24(31)29-12-11-27-21-17-7-8-19(37-25(32)35-14-5-2)22(21)38-23(27)18(30)9-10-28(27,20(29)16-17)39-26(33)36-15-6-3/h4-8,20,23H,1-3,9-16H2/p+1/t20-,23+,27+,28-/m1/s1. The third kappa shape index (κ3) is 3.95. The van der Waals surface area contributed by atoms with Crippen molar-refractivity contribution >= 4 is 24.2 Å². The smallest absolute Gasteiger partial charge is 0.477 e. The Kier molecular flexibility index (Phi) is 6.83. The van der Waals surface area contributed by atoms with E-state index < -0.39 is 41.6 Å². The van der Waals surface area contributed by atoms with Crippen LogP contribution >= 0.6 is 0 Å². The molecule has 1 aromatic carbocycles. The molecule has 11 heteroatoms. The first-order valence-corrected chi connectivity index (χ1v) is 12.7. The lowest BCUT2D eigenvalue weighted by Crippen LogP contribution is -2.78. The van der Waals surface area contributed by atoms with Crippen molar-refractivity contribution in [2.45, 2.75) is 48.8 Å². The summed E-state index contributed by atoms with van der Waals surface area (Å²) in [4.78, 5) is 51.1. The molecule has 2 fully saturated rings. The van der Waals surface area contributed by atoms with Gasteiger partial charge in [0, 0.05) is 24.9 Å². The van der Waals surface area contributed by atoms with Crippen molar-refractivity contribution in [2.75, 3.05) is 26.4 Å². The molecule has 1 N–H and O–H groups in total. The molecule has 2 heterocycles. The van der Waals surface area contributed by atoms with Gasteiger partial charge in [0.25, 0.3) is 0 Å². The number of hydrogen-bond donors (Lipinski definition) is 0. The summed E-state index contributed by atoms with van der Waals surface area (Å²) < 4.78 is 33.7. The molecule has 1 amide bonds. The Morgan fingerprint density at radius 3 is 2.54 bits per heavy atom. The van der Waals surface area contributed by atoms with Gasteiger partial charge >= 0.3 is 18.4 Å². The lowest BCUT2D eigenvalue weighted by molar-refractivity contribution is -0.186. The summed E-state index contributed by atoms with van der Waals surface area (Å²) in [5, 5.41) is 0. The summed E-state index contributed by atoms with van der Waals surface area (Å²) in [5.41, 5.74) is -0.976. The largest absolute Gasteiger partial charge is 0.713 e. The van der Waals surface area contributed by atoms with E-state index in [4.69, 9.17) is 28.4 Å². The molecule has 0 unspecified atom stereocenters. The minimum absolute atomic E-state index is 0.0177. The van der Waals surface area contributed by atoms with E-state index in [2.05, 4.69) is 19.7 Å². The number of carbonyl (C=O) groups excluding carboxylic acids is 4. The number of ether oxygens (including phenoxy) is 6. The van der Waals surface area contributed by atoms with Crippen LogP contribution < -0.4 is 9.47 Å². The zero-order chi connectivity index (χ0) is 27.8. The SMILES string of the molecule is C=CCOC(=O)Oc1ccc2c3c1O[C@H]1C(=O)CC[C@@]4(OC(=[OH+])OCC=C)[C@@H](C2)N(C(=O)OCC=C)CC[C@]314. The Balaban J connectivity index is 1.65. The van der Waals surface area contributed by atoms with Crippen LogP contribution in [-0.2, 0) is 35.6 Å². The minimum atomic E-state index is -1.32. The maximum absolute atomic E-state index is 13.4. The van der Waals surface area contributed by atoms with Crippen LogP contribution in [0.2, 0.25) is 0 Å². The van der Waals surface area contributed by atoms with Crippen molar-refractivity contribution in [3.63, 3.8) is 0 Å². The maximum Gasteiger partial charge on any atom is 0.713 e. The predicted octanol–water partition coefficient (Wildman–Crippen LogP) is 3.12. The van der Waals surface area contributed by atoms with Crippen molar-refractivity contribution in [1.29, 1.82) is 0 Å². The van der Waals surface area contributed by atoms with E-state index in [9.17, 15) is 19.2 Å². The number of ketones is 1. The molecule has 2 aliphatic carbocycles. The van der Waals surface area contributed by atoms with Gasteiger partial charge in [-0.2, -0.15) is 0 Å². The molecule has 4 aliphatic rings. The molecule has 5 rings (SSSR count). The quantitative estimate of drug-likeness (QED) is 0.160. The fourth-order valence-electron chi connectivity index (χ4n) is 6.57. The molecule has 206 valence electrons. The Morgan fingerprint density at radius 2 is 1.79 bits per heavy atom. The van der Waals surface area contributed by atoms with Crippen molar-refractivity contribution in [3.05, 3.63) is 61.2 Å². The fourth-order valence-corrected chi connectivity index (χ4v) is 6.57. The van der Waals surface area contributed by atoms with Gasteiger partial charge < -0.3 is 33.2 Å². The maximum atomic E-state index is 13.4. The number of piperidine rings is 1. The summed E-state index contributed by atoms with van der Waals surface area (Å²) in [6, 6.07) is 2.71. The highest BCUT2D eigenvalue weighted by Gasteiger charge is 2.79. The highest BCUT2D eigenvalue weighted by atomic mass is 16.7. The van der Waals surface area contributed by atoms with E-state index in [0.717, 1.165) is 5.56 Å². The van der Waals surface area contributed by atoms with Gasteiger partial charge in [0.15, 0.2) is 30.0 Å². The number of nitrogens with zero attached hydrogens (tertiary/aromatic N) is 1. The number of amides is 1. The summed E-state index contributed by atoms with van der Waals surface area (Å²) in [5.74, 6) is 0.172. The van der Waals surface area contributed by atoms with Crippen LogP contribution in [0.25, 0.3) is 0 Å². The number of Topliss-reactive ketones (excluding diaryl/α,β-unsaturated/α-hetero) is 1. The number of carbonyl (C=O) groups is 3. The average Bonchev–Trinajstić information content (AvgIpc) is 3.28. The van der Waals surface area contributed by atoms with E-state index in [1.165, 1.54) is 18.2 Å². The highest BCUT2D eigenvalue weighted by Crippen LogP contribution is 2.66. The van der Waals surface area contributed by atoms with Gasteiger partial charge in [-0.1, -0.05) is 38.0 Å². The second-order valence-electron chi connectivity index (χ2n) is 9.70. The van der Waals surface area contributed by atoms with E-state index >= 15 is 0 Å². The molecule has 1 spiro atoms. The van der Waals surface area contributed by atoms with Crippen molar-refractivity contribution in [1.82, 2.24) is 4.90 Å². The molecule has 1 aromatic rings. The molecule has 4 atom stereocenters. The first-order valence-electron chi connectivity index (χ1n) is 12.7. The normalized spacial score (nSPS) is 27.3. The van der Waals surface area contributed by atoms with E-state index in [1.807, 2.05) is 0 Å². The Bertz CT molecular complexity index is 1260. The summed E-state index contributed by atoms with van der Waals surface area (Å²) in [6.07, 6.45) is 1.90. The topological polar surface area (TPSA) is 131 Å². The van der Waals surface area contributed by atoms with E-state index in [-0.39, 0.29) is 62.9 Å². The van der Waals surface area contributed by atoms with Crippen LogP contribution in [0, 0.1) is 0 Å². The van der Waals surface area contributed by atoms with Crippen LogP contribution in [0.5, 0.6) is 11.5 Å². The summed E-state index contributed by atoms with van der Waals surface area (Å²) >= 11 is 0. The van der Waals surface area contributed by atoms with Crippen LogP contribution in [0.4, 0.5) is 9.59 Å². The van der Waals surface area contributed by atoms with Gasteiger partial charge in [-0.25, -0.2) is 9.59 Å². The van der Waals surface area contributed by atoms with Gasteiger partial charge in [0.1, 0.15) is 18.6 Å². The highest BCUT2D eigenvalue weighted by molar-refractivity contribution is 5.91. The molecule has 11 nitrogen and oxygen atoms in total. The van der Waals surface area contributed by atoms with Gasteiger partial charge in [-0.05, 0) is 30.5 Å². The molecular weight excluding hydrogens is 510 g/mol. The van der Waals surface area contributed by atoms with Gasteiger partial charge in [-0.3, -0.25) is 9.69 Å². The second kappa shape index (κ2) is 10.1. The van der Waals surface area contributed by atoms with Crippen LogP contribution in [0.1, 0.15) is 30.4 Å². The Labute approximate surface area is 224 Å². The van der Waals surface area contributed by atoms with E-state index in [0.29, 0.717) is 12.0 Å². The molecule has 1 saturated carbocycles. The van der Waals surface area contributed by atoms with E-state index in [1.54, 1.807) is 17.0 Å². The second-order valence-corrected chi connectivity index (χ2v) is 9.70. The number of rotatable bonds is 8. The monoisotopic (exact) mass is 540 g/mol. The molecule has 39 heavy (non-hydrogen) atoms. The molecule has 2 aliphatic heterocycles. The van der Waals surface area contributed by atoms with Gasteiger partial charge in [0.05, 0.1) is 6.04 Å². The third-order valence-electron chi connectivity index (χ3n) is 7.87. The van der Waals surface area contributed by atoms with Crippen LogP contribution in [-0.4, -0.2) is 78.0 Å². The lowest BCUT2D eigenvalue weighted by atomic mass is 9.49. The number of hydrogen-bond acceptors (Lipinski definition) is 9. The molecular formula is C28H30NO10+. The first-order chi connectivity index (χ1) is 18.8. The zero-order valence-electron chi connectivity index (χ0n) is 21.4. The predicted molar refractivity (Wildman–Crippen MR) is 136 cm³/mol. The Hall–Kier alpha value is -4.28. The fraction of sp³-hybridized carbons (Fsp3) is 0.429. The molecule has 2 bridgehead atoms. The first kappa shape index (κ1) is 26.3. The van der Waals surface area contributed by atoms with Crippen LogP contribution in [0.3, 0.4) is 0 Å². The van der Waals surface area contributed by atoms with Crippen LogP contribution in [0.15, 0.2) is 50.1 Å². The minimum Gasteiger partial charge on any atom is -0.477 e. The lowest BCUT2D eigenvalue weighted by Gasteiger charge is -2.60. The van der Waals surface area contributed by atoms with Gasteiger partial charge in [0.2, 0.25) is 5.60 Å². The van der Waals surface area contributed by atoms with Crippen molar-refractivity contribution in [3.8, 4) is 11.5 Å². The van der Waals surface area contributed by atoms with Crippen molar-refractivity contribution in [2.24, 2.45) is 0 Å². The Morgan fingerprint density at radius 1 is 1.08 bits per heavy atom. The van der Waals surface area contributed by atoms with Gasteiger partial charge in [-0.15, -0.1) is 0 Å².